The van der Waals surface area contributed by atoms with Gasteiger partial charge in [-0.15, -0.1) is 0 Å². The van der Waals surface area contributed by atoms with Crippen LogP contribution in [0.4, 0.5) is 0 Å². The highest BCUT2D eigenvalue weighted by atomic mass is 127. The first kappa shape index (κ1) is 13.4. The third-order valence-corrected chi connectivity index (χ3v) is 5.41. The lowest BCUT2D eigenvalue weighted by molar-refractivity contribution is 0.206. The molecule has 1 fully saturated rings. The number of alkyl halides is 1. The Morgan fingerprint density at radius 2 is 2.21 bits per heavy atom. The molecule has 1 aliphatic rings. The number of benzene rings is 1. The third kappa shape index (κ3) is 2.66. The Bertz CT molecular complexity index is 551. The molecule has 0 saturated carbocycles. The summed E-state index contributed by atoms with van der Waals surface area (Å²) in [6, 6.07) is 8.61. The van der Waals surface area contributed by atoms with E-state index in [0.717, 1.165) is 19.6 Å². The number of H-pyrrole nitrogens is 1. The van der Waals surface area contributed by atoms with E-state index < -0.39 is 0 Å². The van der Waals surface area contributed by atoms with Crippen molar-refractivity contribution in [2.45, 2.75) is 22.8 Å². The number of likely N-dealkylation sites (tertiary alicyclic amines) is 1. The van der Waals surface area contributed by atoms with Crippen LogP contribution in [-0.2, 0) is 0 Å². The van der Waals surface area contributed by atoms with Crippen LogP contribution in [0.1, 0.15) is 24.3 Å². The predicted octanol–water partition coefficient (Wildman–Crippen LogP) is 3.07. The number of aromatic amines is 1. The predicted molar refractivity (Wildman–Crippen MR) is 88.7 cm³/mol. The second-order valence-corrected chi connectivity index (χ2v) is 6.71. The van der Waals surface area contributed by atoms with E-state index in [-0.39, 0.29) is 0 Å². The molecule has 3 rings (SSSR count). The maximum Gasteiger partial charge on any atom is 0.0624 e. The summed E-state index contributed by atoms with van der Waals surface area (Å²) in [4.78, 5) is 5.91. The summed E-state index contributed by atoms with van der Waals surface area (Å²) in [6.07, 6.45) is 4.67. The van der Waals surface area contributed by atoms with Gasteiger partial charge in [0.25, 0.3) is 0 Å². The molecular formula is C15H20IN3. The largest absolute Gasteiger partial charge is 0.361 e. The van der Waals surface area contributed by atoms with E-state index in [1.807, 2.05) is 0 Å². The molecule has 3 nitrogen and oxygen atoms in total. The average Bonchev–Trinajstić information content (AvgIpc) is 2.85. The number of fused-ring (bicyclic) bond motifs is 1. The first-order valence-electron chi connectivity index (χ1n) is 6.94. The van der Waals surface area contributed by atoms with Crippen LogP contribution in [0.3, 0.4) is 0 Å². The van der Waals surface area contributed by atoms with E-state index in [4.69, 9.17) is 5.73 Å². The van der Waals surface area contributed by atoms with Gasteiger partial charge < -0.3 is 10.7 Å². The van der Waals surface area contributed by atoms with Gasteiger partial charge in [0.05, 0.1) is 4.05 Å². The normalized spacial score (nSPS) is 24.9. The molecule has 2 aromatic rings. The minimum Gasteiger partial charge on any atom is -0.361 e. The number of nitrogens with two attached hydrogens (primary N) is 1. The van der Waals surface area contributed by atoms with Crippen LogP contribution in [0, 0.1) is 0 Å². The summed E-state index contributed by atoms with van der Waals surface area (Å²) < 4.78 is 0.605. The Balaban J connectivity index is 1.80. The van der Waals surface area contributed by atoms with Crippen molar-refractivity contribution in [2.24, 2.45) is 5.73 Å². The van der Waals surface area contributed by atoms with E-state index in [9.17, 15) is 0 Å². The van der Waals surface area contributed by atoms with Crippen molar-refractivity contribution in [3.05, 3.63) is 36.0 Å². The van der Waals surface area contributed by atoms with E-state index in [2.05, 4.69) is 62.9 Å². The zero-order chi connectivity index (χ0) is 13.2. The molecule has 1 saturated heterocycles. The fraction of sp³-hybridized carbons (Fsp3) is 0.467. The lowest BCUT2D eigenvalue weighted by Gasteiger charge is -2.36. The number of nitrogens with one attached hydrogen (secondary N) is 1. The van der Waals surface area contributed by atoms with Gasteiger partial charge in [0.15, 0.2) is 0 Å². The molecule has 2 atom stereocenters. The molecule has 3 N–H and O–H groups in total. The zero-order valence-electron chi connectivity index (χ0n) is 11.0. The fourth-order valence-electron chi connectivity index (χ4n) is 3.10. The van der Waals surface area contributed by atoms with Gasteiger partial charge in [0, 0.05) is 30.2 Å². The summed E-state index contributed by atoms with van der Waals surface area (Å²) >= 11 is 2.57. The average molecular weight is 369 g/mol. The van der Waals surface area contributed by atoms with Crippen molar-refractivity contribution in [1.29, 1.82) is 0 Å². The molecule has 0 radical (unpaired) electrons. The van der Waals surface area contributed by atoms with Gasteiger partial charge in [-0.3, -0.25) is 4.90 Å². The molecule has 2 unspecified atom stereocenters. The maximum absolute atomic E-state index is 5.68. The Labute approximate surface area is 127 Å². The Morgan fingerprint density at radius 1 is 1.37 bits per heavy atom. The Kier molecular flexibility index (Phi) is 4.10. The summed E-state index contributed by atoms with van der Waals surface area (Å²) in [6.45, 7) is 2.94. The summed E-state index contributed by atoms with van der Waals surface area (Å²) in [7, 11) is 0. The van der Waals surface area contributed by atoms with Crippen molar-refractivity contribution in [1.82, 2.24) is 9.88 Å². The monoisotopic (exact) mass is 369 g/mol. The van der Waals surface area contributed by atoms with Crippen molar-refractivity contribution in [3.63, 3.8) is 0 Å². The number of rotatable bonds is 3. The van der Waals surface area contributed by atoms with E-state index in [1.165, 1.54) is 29.3 Å². The molecule has 1 aliphatic heterocycles. The van der Waals surface area contributed by atoms with Gasteiger partial charge in [-0.25, -0.2) is 0 Å². The maximum atomic E-state index is 5.68. The summed E-state index contributed by atoms with van der Waals surface area (Å²) in [5.74, 6) is 0.673. The smallest absolute Gasteiger partial charge is 0.0624 e. The molecule has 0 spiro atoms. The van der Waals surface area contributed by atoms with E-state index in [1.54, 1.807) is 0 Å². The van der Waals surface area contributed by atoms with E-state index in [0.29, 0.717) is 9.97 Å². The van der Waals surface area contributed by atoms with Crippen molar-refractivity contribution < 1.29 is 0 Å². The van der Waals surface area contributed by atoms with Crippen LogP contribution in [0.15, 0.2) is 30.5 Å². The van der Waals surface area contributed by atoms with Gasteiger partial charge in [-0.2, -0.15) is 0 Å². The number of halogens is 1. The minimum absolute atomic E-state index is 0.605. The molecule has 102 valence electrons. The van der Waals surface area contributed by atoms with Gasteiger partial charge in [0.1, 0.15) is 0 Å². The molecule has 1 aromatic carbocycles. The fourth-order valence-corrected chi connectivity index (χ4v) is 4.27. The number of piperidine rings is 1. The van der Waals surface area contributed by atoms with Gasteiger partial charge in [-0.1, -0.05) is 40.8 Å². The third-order valence-electron chi connectivity index (χ3n) is 4.12. The number of hydrogen-bond donors (Lipinski definition) is 2. The van der Waals surface area contributed by atoms with Gasteiger partial charge >= 0.3 is 0 Å². The van der Waals surface area contributed by atoms with Crippen LogP contribution >= 0.6 is 22.6 Å². The SMILES string of the molecule is NCCN1CCC(c2c[nH]c3ccccc23)CC1I. The lowest BCUT2D eigenvalue weighted by Crippen LogP contribution is -2.41. The first-order valence-corrected chi connectivity index (χ1v) is 8.18. The quantitative estimate of drug-likeness (QED) is 0.496. The van der Waals surface area contributed by atoms with Crippen LogP contribution in [0.25, 0.3) is 10.9 Å². The van der Waals surface area contributed by atoms with Crippen molar-refractivity contribution in [3.8, 4) is 0 Å². The van der Waals surface area contributed by atoms with Crippen LogP contribution in [0.2, 0.25) is 0 Å². The number of aromatic nitrogens is 1. The van der Waals surface area contributed by atoms with Crippen LogP contribution < -0.4 is 5.73 Å². The van der Waals surface area contributed by atoms with Crippen molar-refractivity contribution >= 4 is 33.5 Å². The zero-order valence-corrected chi connectivity index (χ0v) is 13.1. The highest BCUT2D eigenvalue weighted by Gasteiger charge is 2.28. The lowest BCUT2D eigenvalue weighted by atomic mass is 9.89. The second-order valence-electron chi connectivity index (χ2n) is 5.27. The first-order chi connectivity index (χ1) is 9.29. The Morgan fingerprint density at radius 3 is 3.00 bits per heavy atom. The van der Waals surface area contributed by atoms with Crippen LogP contribution in [0.5, 0.6) is 0 Å². The Hall–Kier alpha value is -0.590. The highest BCUT2D eigenvalue weighted by Crippen LogP contribution is 2.37. The molecule has 0 bridgehead atoms. The standard InChI is InChI=1S/C15H20IN3/c16-15-9-11(5-7-19(15)8-6-17)13-10-18-14-4-2-1-3-12(13)14/h1-4,10-11,15,18H,5-9,17H2. The second kappa shape index (κ2) is 5.81. The molecule has 0 aliphatic carbocycles. The molecule has 2 heterocycles. The molecule has 0 amide bonds. The van der Waals surface area contributed by atoms with E-state index >= 15 is 0 Å². The van der Waals surface area contributed by atoms with Gasteiger partial charge in [-0.05, 0) is 36.9 Å². The summed E-state index contributed by atoms with van der Waals surface area (Å²) in [5, 5.41) is 1.39. The summed E-state index contributed by atoms with van der Waals surface area (Å²) in [5.41, 5.74) is 8.42. The number of para-hydroxylation sites is 1. The number of nitrogens with zero attached hydrogens (tertiary/aromatic N) is 1. The highest BCUT2D eigenvalue weighted by molar-refractivity contribution is 14.1. The van der Waals surface area contributed by atoms with Crippen LogP contribution in [-0.4, -0.2) is 33.6 Å². The number of hydrogen-bond acceptors (Lipinski definition) is 2. The minimum atomic E-state index is 0.605. The molecular weight excluding hydrogens is 349 g/mol. The molecule has 19 heavy (non-hydrogen) atoms. The topological polar surface area (TPSA) is 45.0 Å². The van der Waals surface area contributed by atoms with Crippen molar-refractivity contribution in [2.75, 3.05) is 19.6 Å². The molecule has 1 aromatic heterocycles. The van der Waals surface area contributed by atoms with Gasteiger partial charge in [0.2, 0.25) is 0 Å². The molecule has 4 heteroatoms.